The summed E-state index contributed by atoms with van der Waals surface area (Å²) in [6.45, 7) is 4.72. The molecule has 0 atom stereocenters. The third kappa shape index (κ3) is 2.71. The monoisotopic (exact) mass is 273 g/mol. The molecule has 0 aromatic heterocycles. The Morgan fingerprint density at radius 2 is 1.95 bits per heavy atom. The lowest BCUT2D eigenvalue weighted by Crippen LogP contribution is -2.43. The van der Waals surface area contributed by atoms with E-state index in [-0.39, 0.29) is 5.41 Å². The van der Waals surface area contributed by atoms with Crippen molar-refractivity contribution in [3.05, 3.63) is 29.3 Å². The highest BCUT2D eigenvalue weighted by Gasteiger charge is 2.34. The number of aliphatic hydroxyl groups excluding tert-OH is 1. The number of hydrogen-bond acceptors (Lipinski definition) is 2. The molecule has 2 heteroatoms. The highest BCUT2D eigenvalue weighted by atomic mass is 16.3. The van der Waals surface area contributed by atoms with Crippen LogP contribution in [0.1, 0.15) is 49.7 Å². The summed E-state index contributed by atoms with van der Waals surface area (Å²) in [6, 6.07) is 6.86. The molecule has 2 nitrogen and oxygen atoms in total. The Balaban J connectivity index is 1.81. The van der Waals surface area contributed by atoms with Crippen LogP contribution in [0, 0.1) is 12.3 Å². The molecule has 1 saturated carbocycles. The second kappa shape index (κ2) is 5.77. The van der Waals surface area contributed by atoms with Crippen LogP contribution in [0.3, 0.4) is 0 Å². The zero-order chi connectivity index (χ0) is 14.0. The minimum atomic E-state index is 0.151. The molecular formula is C18H27NO. The summed E-state index contributed by atoms with van der Waals surface area (Å²) in [5.74, 6) is 0. The molecular weight excluding hydrogens is 246 g/mol. The lowest BCUT2D eigenvalue weighted by Gasteiger charge is -2.42. The van der Waals surface area contributed by atoms with E-state index in [9.17, 15) is 5.11 Å². The predicted octanol–water partition coefficient (Wildman–Crippen LogP) is 3.69. The van der Waals surface area contributed by atoms with E-state index in [2.05, 4.69) is 30.0 Å². The Morgan fingerprint density at radius 1 is 1.15 bits per heavy atom. The maximum atomic E-state index is 9.94. The van der Waals surface area contributed by atoms with E-state index in [1.807, 2.05) is 0 Å². The lowest BCUT2D eigenvalue weighted by atomic mass is 9.74. The number of rotatable bonds is 3. The van der Waals surface area contributed by atoms with Crippen LogP contribution < -0.4 is 4.90 Å². The van der Waals surface area contributed by atoms with Gasteiger partial charge in [0.2, 0.25) is 0 Å². The first-order valence-electron chi connectivity index (χ1n) is 8.18. The first-order valence-corrected chi connectivity index (χ1v) is 8.18. The van der Waals surface area contributed by atoms with Crippen molar-refractivity contribution < 1.29 is 5.11 Å². The molecule has 0 spiro atoms. The predicted molar refractivity (Wildman–Crippen MR) is 84.3 cm³/mol. The van der Waals surface area contributed by atoms with Crippen LogP contribution in [0.15, 0.2) is 18.2 Å². The summed E-state index contributed by atoms with van der Waals surface area (Å²) in [4.78, 5) is 2.54. The number of aryl methyl sites for hydroxylation is 2. The Bertz CT molecular complexity index is 462. The van der Waals surface area contributed by atoms with E-state index in [1.54, 1.807) is 0 Å². The maximum absolute atomic E-state index is 9.94. The van der Waals surface area contributed by atoms with Gasteiger partial charge in [-0.1, -0.05) is 37.0 Å². The quantitative estimate of drug-likeness (QED) is 0.908. The van der Waals surface area contributed by atoms with Gasteiger partial charge in [0.25, 0.3) is 0 Å². The molecule has 1 aliphatic carbocycles. The van der Waals surface area contributed by atoms with Gasteiger partial charge in [-0.15, -0.1) is 0 Å². The van der Waals surface area contributed by atoms with Crippen LogP contribution >= 0.6 is 0 Å². The Hall–Kier alpha value is -1.02. The van der Waals surface area contributed by atoms with Crippen molar-refractivity contribution in [1.29, 1.82) is 0 Å². The Kier molecular flexibility index (Phi) is 4.02. The topological polar surface area (TPSA) is 23.5 Å². The number of benzene rings is 1. The van der Waals surface area contributed by atoms with E-state index >= 15 is 0 Å². The molecule has 20 heavy (non-hydrogen) atoms. The van der Waals surface area contributed by atoms with Crippen LogP contribution in [-0.2, 0) is 6.42 Å². The van der Waals surface area contributed by atoms with Gasteiger partial charge in [-0.25, -0.2) is 0 Å². The van der Waals surface area contributed by atoms with Gasteiger partial charge < -0.3 is 10.0 Å². The van der Waals surface area contributed by atoms with Crippen LogP contribution in [0.4, 0.5) is 5.69 Å². The first kappa shape index (κ1) is 13.9. The van der Waals surface area contributed by atoms with Gasteiger partial charge in [0, 0.05) is 24.2 Å². The van der Waals surface area contributed by atoms with Gasteiger partial charge in [-0.3, -0.25) is 0 Å². The minimum Gasteiger partial charge on any atom is -0.396 e. The molecule has 0 saturated heterocycles. The van der Waals surface area contributed by atoms with Gasteiger partial charge in [-0.05, 0) is 44.2 Å². The molecule has 0 bridgehead atoms. The zero-order valence-corrected chi connectivity index (χ0v) is 12.7. The van der Waals surface area contributed by atoms with E-state index in [0.717, 1.165) is 13.1 Å². The number of nitrogens with zero attached hydrogens (tertiary/aromatic N) is 1. The van der Waals surface area contributed by atoms with E-state index in [0.29, 0.717) is 6.61 Å². The van der Waals surface area contributed by atoms with Crippen LogP contribution in [0.25, 0.3) is 0 Å². The van der Waals surface area contributed by atoms with Crippen LogP contribution in [-0.4, -0.2) is 24.8 Å². The SMILES string of the molecule is Cc1ccc2c(c1)CCCN2CC1(CO)CCCCC1. The average molecular weight is 273 g/mol. The molecule has 2 aliphatic rings. The normalized spacial score (nSPS) is 21.6. The number of hydrogen-bond donors (Lipinski definition) is 1. The fourth-order valence-corrected chi connectivity index (χ4v) is 4.04. The van der Waals surface area contributed by atoms with E-state index in [1.165, 1.54) is 61.8 Å². The molecule has 1 N–H and O–H groups in total. The molecule has 1 aromatic rings. The molecule has 1 fully saturated rings. The summed E-state index contributed by atoms with van der Waals surface area (Å²) in [5, 5.41) is 9.94. The number of fused-ring (bicyclic) bond motifs is 1. The molecule has 1 aliphatic heterocycles. The minimum absolute atomic E-state index is 0.151. The molecule has 110 valence electrons. The average Bonchev–Trinajstić information content (AvgIpc) is 2.48. The van der Waals surface area contributed by atoms with Gasteiger partial charge in [0.05, 0.1) is 6.61 Å². The smallest absolute Gasteiger partial charge is 0.0504 e. The van der Waals surface area contributed by atoms with Crippen molar-refractivity contribution in [2.75, 3.05) is 24.6 Å². The molecule has 0 radical (unpaired) electrons. The van der Waals surface area contributed by atoms with Crippen molar-refractivity contribution in [2.24, 2.45) is 5.41 Å². The second-order valence-corrected chi connectivity index (χ2v) is 6.88. The molecule has 1 heterocycles. The van der Waals surface area contributed by atoms with E-state index in [4.69, 9.17) is 0 Å². The standard InChI is InChI=1S/C18H27NO/c1-15-7-8-17-16(12-15)6-5-11-19(17)13-18(14-20)9-3-2-4-10-18/h7-8,12,20H,2-6,9-11,13-14H2,1H3. The first-order chi connectivity index (χ1) is 9.72. The second-order valence-electron chi connectivity index (χ2n) is 6.88. The maximum Gasteiger partial charge on any atom is 0.0504 e. The highest BCUT2D eigenvalue weighted by molar-refractivity contribution is 5.56. The van der Waals surface area contributed by atoms with E-state index < -0.39 is 0 Å². The molecule has 3 rings (SSSR count). The van der Waals surface area contributed by atoms with Crippen molar-refractivity contribution in [3.63, 3.8) is 0 Å². The third-order valence-electron chi connectivity index (χ3n) is 5.23. The van der Waals surface area contributed by atoms with Crippen molar-refractivity contribution >= 4 is 5.69 Å². The molecule has 1 aromatic carbocycles. The molecule has 0 unspecified atom stereocenters. The summed E-state index contributed by atoms with van der Waals surface area (Å²) in [6.07, 6.45) is 8.77. The third-order valence-corrected chi connectivity index (χ3v) is 5.23. The zero-order valence-electron chi connectivity index (χ0n) is 12.7. The van der Waals surface area contributed by atoms with Crippen molar-refractivity contribution in [2.45, 2.75) is 51.9 Å². The van der Waals surface area contributed by atoms with Crippen molar-refractivity contribution in [3.8, 4) is 0 Å². The highest BCUT2D eigenvalue weighted by Crippen LogP contribution is 2.39. The molecule has 0 amide bonds. The van der Waals surface area contributed by atoms with Gasteiger partial charge in [-0.2, -0.15) is 0 Å². The summed E-state index contributed by atoms with van der Waals surface area (Å²) in [7, 11) is 0. The van der Waals surface area contributed by atoms with Crippen LogP contribution in [0.5, 0.6) is 0 Å². The van der Waals surface area contributed by atoms with Gasteiger partial charge in [0.15, 0.2) is 0 Å². The van der Waals surface area contributed by atoms with Crippen LogP contribution in [0.2, 0.25) is 0 Å². The summed E-state index contributed by atoms with van der Waals surface area (Å²) < 4.78 is 0. The lowest BCUT2D eigenvalue weighted by molar-refractivity contribution is 0.0877. The van der Waals surface area contributed by atoms with Gasteiger partial charge in [0.1, 0.15) is 0 Å². The largest absolute Gasteiger partial charge is 0.396 e. The number of anilines is 1. The fraction of sp³-hybridized carbons (Fsp3) is 0.667. The summed E-state index contributed by atoms with van der Waals surface area (Å²) in [5.41, 5.74) is 4.43. The number of aliphatic hydroxyl groups is 1. The van der Waals surface area contributed by atoms with Crippen molar-refractivity contribution in [1.82, 2.24) is 0 Å². The summed E-state index contributed by atoms with van der Waals surface area (Å²) >= 11 is 0. The Morgan fingerprint density at radius 3 is 2.70 bits per heavy atom. The Labute approximate surface area is 122 Å². The fourth-order valence-electron chi connectivity index (χ4n) is 4.04. The van der Waals surface area contributed by atoms with Gasteiger partial charge >= 0.3 is 0 Å².